The minimum absolute atomic E-state index is 0.144. The van der Waals surface area contributed by atoms with Crippen LogP contribution in [0.15, 0.2) is 41.2 Å². The van der Waals surface area contributed by atoms with Crippen molar-refractivity contribution in [3.63, 3.8) is 0 Å². The molecule has 0 aliphatic carbocycles. The van der Waals surface area contributed by atoms with Gasteiger partial charge in [-0.1, -0.05) is 29.8 Å². The molecule has 0 aliphatic rings. The van der Waals surface area contributed by atoms with Crippen LogP contribution in [0.1, 0.15) is 5.56 Å². The summed E-state index contributed by atoms with van der Waals surface area (Å²) in [6.45, 7) is 0.246. The highest BCUT2D eigenvalue weighted by Gasteiger charge is 2.01. The van der Waals surface area contributed by atoms with Gasteiger partial charge in [0.25, 0.3) is 5.56 Å². The van der Waals surface area contributed by atoms with Crippen LogP contribution in [0.3, 0.4) is 0 Å². The maximum atomic E-state index is 11.5. The molecule has 0 radical (unpaired) electrons. The van der Waals surface area contributed by atoms with Crippen LogP contribution < -0.4 is 11.3 Å². The number of aromatic nitrogens is 1. The standard InChI is InChI=1S/C12H11ClN2O/c13-10-4-1-8(2-5-10)11-6-3-9(7-14)12(16)15-11/h1-6H,7,14H2,(H,15,16). The van der Waals surface area contributed by atoms with Crippen molar-refractivity contribution >= 4 is 11.6 Å². The van der Waals surface area contributed by atoms with Crippen LogP contribution in [0.2, 0.25) is 5.02 Å². The number of benzene rings is 1. The molecule has 3 nitrogen and oxygen atoms in total. The largest absolute Gasteiger partial charge is 0.326 e. The smallest absolute Gasteiger partial charge is 0.252 e. The van der Waals surface area contributed by atoms with Gasteiger partial charge in [-0.3, -0.25) is 4.79 Å². The highest BCUT2D eigenvalue weighted by molar-refractivity contribution is 6.30. The van der Waals surface area contributed by atoms with Crippen LogP contribution in [0.5, 0.6) is 0 Å². The lowest BCUT2D eigenvalue weighted by atomic mass is 10.1. The van der Waals surface area contributed by atoms with E-state index in [1.807, 2.05) is 18.2 Å². The van der Waals surface area contributed by atoms with Crippen LogP contribution in [-0.2, 0) is 6.54 Å². The van der Waals surface area contributed by atoms with E-state index in [1.54, 1.807) is 18.2 Å². The average molecular weight is 235 g/mol. The Kier molecular flexibility index (Phi) is 3.08. The molecule has 0 fully saturated rings. The van der Waals surface area contributed by atoms with Crippen molar-refractivity contribution in [1.82, 2.24) is 4.98 Å². The molecule has 0 saturated carbocycles. The van der Waals surface area contributed by atoms with E-state index < -0.39 is 0 Å². The van der Waals surface area contributed by atoms with Crippen molar-refractivity contribution in [1.29, 1.82) is 0 Å². The van der Waals surface area contributed by atoms with Crippen molar-refractivity contribution in [3.05, 3.63) is 57.3 Å². The van der Waals surface area contributed by atoms with Crippen LogP contribution in [0, 0.1) is 0 Å². The third-order valence-corrected chi connectivity index (χ3v) is 2.62. The van der Waals surface area contributed by atoms with Crippen LogP contribution in [0.4, 0.5) is 0 Å². The molecule has 0 amide bonds. The molecule has 1 aromatic carbocycles. The monoisotopic (exact) mass is 234 g/mol. The molecule has 1 heterocycles. The number of hydrogen-bond donors (Lipinski definition) is 2. The molecular weight excluding hydrogens is 224 g/mol. The maximum absolute atomic E-state index is 11.5. The van der Waals surface area contributed by atoms with Crippen molar-refractivity contribution in [2.45, 2.75) is 6.54 Å². The Hall–Kier alpha value is -1.58. The Labute approximate surface area is 97.9 Å². The zero-order chi connectivity index (χ0) is 11.5. The van der Waals surface area contributed by atoms with Crippen molar-refractivity contribution in [2.24, 2.45) is 5.73 Å². The van der Waals surface area contributed by atoms with E-state index >= 15 is 0 Å². The topological polar surface area (TPSA) is 58.9 Å². The summed E-state index contributed by atoms with van der Waals surface area (Å²) in [5.41, 5.74) is 7.54. The molecule has 0 atom stereocenters. The molecule has 0 spiro atoms. The minimum Gasteiger partial charge on any atom is -0.326 e. The van der Waals surface area contributed by atoms with Gasteiger partial charge in [-0.15, -0.1) is 0 Å². The zero-order valence-electron chi connectivity index (χ0n) is 8.53. The number of H-pyrrole nitrogens is 1. The summed E-state index contributed by atoms with van der Waals surface area (Å²) < 4.78 is 0. The Morgan fingerprint density at radius 2 is 1.81 bits per heavy atom. The number of nitrogens with one attached hydrogen (secondary N) is 1. The lowest BCUT2D eigenvalue weighted by Crippen LogP contribution is -2.15. The Morgan fingerprint density at radius 3 is 2.38 bits per heavy atom. The second kappa shape index (κ2) is 4.51. The molecule has 0 bridgehead atoms. The number of hydrogen-bond acceptors (Lipinski definition) is 2. The van der Waals surface area contributed by atoms with Gasteiger partial charge in [-0.05, 0) is 23.8 Å². The van der Waals surface area contributed by atoms with Gasteiger partial charge in [0, 0.05) is 22.8 Å². The first-order valence-electron chi connectivity index (χ1n) is 4.89. The Bertz CT molecular complexity index is 546. The third-order valence-electron chi connectivity index (χ3n) is 2.37. The van der Waals surface area contributed by atoms with Crippen molar-refractivity contribution in [2.75, 3.05) is 0 Å². The van der Waals surface area contributed by atoms with E-state index in [1.165, 1.54) is 0 Å². The molecule has 0 aliphatic heterocycles. The van der Waals surface area contributed by atoms with E-state index in [0.717, 1.165) is 11.3 Å². The van der Waals surface area contributed by atoms with Gasteiger partial charge < -0.3 is 10.7 Å². The number of aromatic amines is 1. The van der Waals surface area contributed by atoms with Crippen molar-refractivity contribution in [3.8, 4) is 11.3 Å². The number of nitrogens with two attached hydrogens (primary N) is 1. The number of halogens is 1. The minimum atomic E-state index is -0.144. The molecule has 1 aromatic heterocycles. The lowest BCUT2D eigenvalue weighted by molar-refractivity contribution is 1.02. The molecule has 2 rings (SSSR count). The van der Waals surface area contributed by atoms with E-state index in [-0.39, 0.29) is 12.1 Å². The second-order valence-corrected chi connectivity index (χ2v) is 3.87. The summed E-state index contributed by atoms with van der Waals surface area (Å²) in [6, 6.07) is 10.9. The molecule has 0 saturated heterocycles. The van der Waals surface area contributed by atoms with Gasteiger partial charge in [-0.2, -0.15) is 0 Å². The fourth-order valence-electron chi connectivity index (χ4n) is 1.46. The van der Waals surface area contributed by atoms with Crippen LogP contribution in [-0.4, -0.2) is 4.98 Å². The maximum Gasteiger partial charge on any atom is 0.252 e. The van der Waals surface area contributed by atoms with Gasteiger partial charge in [0.2, 0.25) is 0 Å². The molecule has 82 valence electrons. The van der Waals surface area contributed by atoms with Crippen molar-refractivity contribution < 1.29 is 0 Å². The van der Waals surface area contributed by atoms with E-state index in [4.69, 9.17) is 17.3 Å². The summed E-state index contributed by atoms with van der Waals surface area (Å²) in [5.74, 6) is 0. The number of rotatable bonds is 2. The van der Waals surface area contributed by atoms with Gasteiger partial charge in [0.05, 0.1) is 0 Å². The second-order valence-electron chi connectivity index (χ2n) is 3.44. The van der Waals surface area contributed by atoms with E-state index in [2.05, 4.69) is 4.98 Å². The molecule has 16 heavy (non-hydrogen) atoms. The summed E-state index contributed by atoms with van der Waals surface area (Å²) in [6.07, 6.45) is 0. The normalized spacial score (nSPS) is 10.4. The molecule has 4 heteroatoms. The van der Waals surface area contributed by atoms with Gasteiger partial charge >= 0.3 is 0 Å². The Morgan fingerprint density at radius 1 is 1.12 bits per heavy atom. The number of pyridine rings is 1. The van der Waals surface area contributed by atoms with Crippen LogP contribution in [0.25, 0.3) is 11.3 Å². The predicted molar refractivity (Wildman–Crippen MR) is 65.4 cm³/mol. The molecular formula is C12H11ClN2O. The highest BCUT2D eigenvalue weighted by atomic mass is 35.5. The summed E-state index contributed by atoms with van der Waals surface area (Å²) >= 11 is 5.79. The first kappa shape index (κ1) is 10.9. The first-order valence-corrected chi connectivity index (χ1v) is 5.26. The van der Waals surface area contributed by atoms with E-state index in [9.17, 15) is 4.79 Å². The molecule has 0 unspecified atom stereocenters. The average Bonchev–Trinajstić information content (AvgIpc) is 2.30. The third kappa shape index (κ3) is 2.15. The zero-order valence-corrected chi connectivity index (χ0v) is 9.29. The summed E-state index contributed by atoms with van der Waals surface area (Å²) in [4.78, 5) is 14.3. The SMILES string of the molecule is NCc1ccc(-c2ccc(Cl)cc2)[nH]c1=O. The van der Waals surface area contributed by atoms with Gasteiger partial charge in [0.15, 0.2) is 0 Å². The molecule has 3 N–H and O–H groups in total. The molecule has 2 aromatic rings. The van der Waals surface area contributed by atoms with Gasteiger partial charge in [0.1, 0.15) is 0 Å². The predicted octanol–water partition coefficient (Wildman–Crippen LogP) is 2.15. The Balaban J connectivity index is 2.45. The van der Waals surface area contributed by atoms with E-state index in [0.29, 0.717) is 10.6 Å². The van der Waals surface area contributed by atoms with Crippen LogP contribution >= 0.6 is 11.6 Å². The fraction of sp³-hybridized carbons (Fsp3) is 0.0833. The van der Waals surface area contributed by atoms with Gasteiger partial charge in [-0.25, -0.2) is 0 Å². The fourth-order valence-corrected chi connectivity index (χ4v) is 1.59. The lowest BCUT2D eigenvalue weighted by Gasteiger charge is -2.03. The summed E-state index contributed by atoms with van der Waals surface area (Å²) in [7, 11) is 0. The first-order chi connectivity index (χ1) is 7.70. The quantitative estimate of drug-likeness (QED) is 0.837. The highest BCUT2D eigenvalue weighted by Crippen LogP contribution is 2.18. The summed E-state index contributed by atoms with van der Waals surface area (Å²) in [5, 5.41) is 0.671.